The summed E-state index contributed by atoms with van der Waals surface area (Å²) in [5.74, 6) is -0.00521. The molecule has 0 N–H and O–H groups in total. The highest BCUT2D eigenvalue weighted by Crippen LogP contribution is 2.35. The molecule has 3 aromatic rings. The van der Waals surface area contributed by atoms with E-state index in [9.17, 15) is 18.5 Å². The van der Waals surface area contributed by atoms with E-state index in [1.807, 2.05) is 23.6 Å². The Hall–Kier alpha value is -2.45. The zero-order valence-electron chi connectivity index (χ0n) is 15.5. The molecule has 0 fully saturated rings. The third-order valence-corrected chi connectivity index (χ3v) is 7.39. The molecule has 28 heavy (non-hydrogen) atoms. The van der Waals surface area contributed by atoms with Gasteiger partial charge in [0.25, 0.3) is 15.7 Å². The fraction of sp³-hybridized carbons (Fsp3) is 0.300. The maximum absolute atomic E-state index is 13.2. The highest BCUT2D eigenvalue weighted by atomic mass is 32.2. The maximum atomic E-state index is 13.2. The zero-order chi connectivity index (χ0) is 20.1. The Morgan fingerprint density at radius 1 is 1.11 bits per heavy atom. The van der Waals surface area contributed by atoms with Crippen LogP contribution in [0.3, 0.4) is 0 Å². The standard InChI is InChI=1S/C20H22N2O4S2/c1-2-3-4-7-18(20-9-6-15-27-20)19-8-5-14-21(19)28(25,26)17-12-10-16(11-13-17)22(23)24/h5-6,8-15,18H,2-4,7H2,1H3/t18-/m1/s1. The molecule has 0 unspecified atom stereocenters. The first-order valence-corrected chi connectivity index (χ1v) is 11.5. The molecule has 148 valence electrons. The molecular formula is C20H22N2O4S2. The number of hydrogen-bond donors (Lipinski definition) is 0. The number of non-ortho nitro benzene ring substituents is 1. The smallest absolute Gasteiger partial charge is 0.258 e. The summed E-state index contributed by atoms with van der Waals surface area (Å²) in [4.78, 5) is 11.5. The van der Waals surface area contributed by atoms with Gasteiger partial charge in [-0.05, 0) is 42.1 Å². The minimum Gasteiger partial charge on any atom is -0.258 e. The number of benzene rings is 1. The number of aromatic nitrogens is 1. The van der Waals surface area contributed by atoms with Crippen LogP contribution in [0.15, 0.2) is 65.0 Å². The van der Waals surface area contributed by atoms with E-state index in [4.69, 9.17) is 0 Å². The molecule has 0 aliphatic heterocycles. The molecule has 1 atom stereocenters. The van der Waals surface area contributed by atoms with E-state index in [2.05, 4.69) is 6.92 Å². The van der Waals surface area contributed by atoms with Gasteiger partial charge in [0, 0.05) is 34.8 Å². The second-order valence-corrected chi connectivity index (χ2v) is 9.34. The van der Waals surface area contributed by atoms with Crippen LogP contribution in [0.1, 0.15) is 49.1 Å². The van der Waals surface area contributed by atoms with Gasteiger partial charge in [0.15, 0.2) is 0 Å². The fourth-order valence-corrected chi connectivity index (χ4v) is 5.52. The third-order valence-electron chi connectivity index (χ3n) is 4.69. The summed E-state index contributed by atoms with van der Waals surface area (Å²) >= 11 is 1.62. The minimum atomic E-state index is -3.84. The van der Waals surface area contributed by atoms with Crippen molar-refractivity contribution in [1.29, 1.82) is 0 Å². The summed E-state index contributed by atoms with van der Waals surface area (Å²) in [6, 6.07) is 12.6. The second-order valence-electron chi connectivity index (χ2n) is 6.55. The Labute approximate surface area is 168 Å². The molecule has 3 rings (SSSR count). The summed E-state index contributed by atoms with van der Waals surface area (Å²) in [5, 5.41) is 12.8. The van der Waals surface area contributed by atoms with Gasteiger partial charge in [0.2, 0.25) is 0 Å². The lowest BCUT2D eigenvalue weighted by molar-refractivity contribution is -0.384. The highest BCUT2D eigenvalue weighted by Gasteiger charge is 2.25. The average Bonchev–Trinajstić information content (AvgIpc) is 3.38. The van der Waals surface area contributed by atoms with E-state index in [1.165, 1.54) is 28.2 Å². The van der Waals surface area contributed by atoms with E-state index < -0.39 is 14.9 Å². The lowest BCUT2D eigenvalue weighted by Crippen LogP contribution is -2.17. The molecule has 0 amide bonds. The van der Waals surface area contributed by atoms with Crippen molar-refractivity contribution >= 4 is 27.0 Å². The SMILES string of the molecule is CCCCC[C@@H](c1cccs1)c1cccn1S(=O)(=O)c1ccc([N+](=O)[O-])cc1. The van der Waals surface area contributed by atoms with Crippen LogP contribution in [0.25, 0.3) is 0 Å². The van der Waals surface area contributed by atoms with Gasteiger partial charge >= 0.3 is 0 Å². The summed E-state index contributed by atoms with van der Waals surface area (Å²) in [5.41, 5.74) is 0.583. The number of nitrogens with zero attached hydrogens (tertiary/aromatic N) is 2. The van der Waals surface area contributed by atoms with Crippen LogP contribution in [0.2, 0.25) is 0 Å². The second kappa shape index (κ2) is 8.70. The molecule has 0 saturated heterocycles. The first-order valence-electron chi connectivity index (χ1n) is 9.16. The number of hydrogen-bond acceptors (Lipinski definition) is 5. The average molecular weight is 419 g/mol. The van der Waals surface area contributed by atoms with Crippen molar-refractivity contribution in [2.24, 2.45) is 0 Å². The number of nitro benzene ring substituents is 1. The molecule has 0 bridgehead atoms. The third kappa shape index (κ3) is 4.18. The van der Waals surface area contributed by atoms with Crippen molar-refractivity contribution in [2.45, 2.75) is 43.4 Å². The van der Waals surface area contributed by atoms with E-state index in [0.717, 1.165) is 36.3 Å². The first kappa shape index (κ1) is 20.3. The van der Waals surface area contributed by atoms with Gasteiger partial charge in [-0.1, -0.05) is 32.3 Å². The van der Waals surface area contributed by atoms with Gasteiger partial charge in [-0.25, -0.2) is 12.4 Å². The molecule has 0 aliphatic carbocycles. The predicted molar refractivity (Wildman–Crippen MR) is 110 cm³/mol. The Morgan fingerprint density at radius 2 is 1.86 bits per heavy atom. The monoisotopic (exact) mass is 418 g/mol. The van der Waals surface area contributed by atoms with Crippen molar-refractivity contribution in [1.82, 2.24) is 3.97 Å². The Kier molecular flexibility index (Phi) is 6.31. The van der Waals surface area contributed by atoms with Crippen molar-refractivity contribution in [2.75, 3.05) is 0 Å². The largest absolute Gasteiger partial charge is 0.269 e. The Morgan fingerprint density at radius 3 is 2.46 bits per heavy atom. The topological polar surface area (TPSA) is 82.2 Å². The fourth-order valence-electron chi connectivity index (χ4n) is 3.25. The van der Waals surface area contributed by atoms with Crippen LogP contribution in [-0.2, 0) is 10.0 Å². The molecular weight excluding hydrogens is 396 g/mol. The highest BCUT2D eigenvalue weighted by molar-refractivity contribution is 7.90. The van der Waals surface area contributed by atoms with Crippen molar-refractivity contribution < 1.29 is 13.3 Å². The van der Waals surface area contributed by atoms with E-state index in [0.29, 0.717) is 0 Å². The van der Waals surface area contributed by atoms with Crippen LogP contribution in [0.4, 0.5) is 5.69 Å². The summed E-state index contributed by atoms with van der Waals surface area (Å²) in [6.45, 7) is 2.14. The molecule has 8 heteroatoms. The van der Waals surface area contributed by atoms with Crippen LogP contribution in [0.5, 0.6) is 0 Å². The van der Waals surface area contributed by atoms with Crippen LogP contribution in [-0.4, -0.2) is 17.3 Å². The van der Waals surface area contributed by atoms with Crippen molar-refractivity contribution in [3.8, 4) is 0 Å². The van der Waals surface area contributed by atoms with Crippen molar-refractivity contribution in [3.63, 3.8) is 0 Å². The summed E-state index contributed by atoms with van der Waals surface area (Å²) in [7, 11) is -3.84. The van der Waals surface area contributed by atoms with E-state index in [1.54, 1.807) is 23.6 Å². The van der Waals surface area contributed by atoms with E-state index in [-0.39, 0.29) is 16.5 Å². The van der Waals surface area contributed by atoms with Gasteiger partial charge in [-0.2, -0.15) is 0 Å². The van der Waals surface area contributed by atoms with Gasteiger partial charge in [0.1, 0.15) is 0 Å². The maximum Gasteiger partial charge on any atom is 0.269 e. The lowest BCUT2D eigenvalue weighted by Gasteiger charge is -2.19. The van der Waals surface area contributed by atoms with Gasteiger partial charge in [-0.15, -0.1) is 11.3 Å². The van der Waals surface area contributed by atoms with Crippen molar-refractivity contribution in [3.05, 3.63) is 80.8 Å². The van der Waals surface area contributed by atoms with Gasteiger partial charge in [0.05, 0.1) is 9.82 Å². The van der Waals surface area contributed by atoms with Crippen LogP contribution < -0.4 is 0 Å². The minimum absolute atomic E-state index is 0.00521. The predicted octanol–water partition coefficient (Wildman–Crippen LogP) is 5.41. The summed E-state index contributed by atoms with van der Waals surface area (Å²) in [6.07, 6.45) is 5.62. The molecule has 0 aliphatic rings. The molecule has 2 aromatic heterocycles. The Balaban J connectivity index is 1.99. The van der Waals surface area contributed by atoms with Crippen LogP contribution >= 0.6 is 11.3 Å². The molecule has 0 spiro atoms. The number of rotatable bonds is 9. The molecule has 2 heterocycles. The van der Waals surface area contributed by atoms with Gasteiger partial charge in [-0.3, -0.25) is 10.1 Å². The molecule has 0 radical (unpaired) electrons. The quantitative estimate of drug-likeness (QED) is 0.264. The first-order chi connectivity index (χ1) is 13.4. The zero-order valence-corrected chi connectivity index (χ0v) is 17.2. The van der Waals surface area contributed by atoms with E-state index >= 15 is 0 Å². The number of unbranched alkanes of at least 4 members (excludes halogenated alkanes) is 2. The molecule has 1 aromatic carbocycles. The van der Waals surface area contributed by atoms with Crippen LogP contribution in [0, 0.1) is 10.1 Å². The molecule has 6 nitrogen and oxygen atoms in total. The number of nitro groups is 1. The summed E-state index contributed by atoms with van der Waals surface area (Å²) < 4.78 is 27.7. The molecule has 0 saturated carbocycles. The number of thiophene rings is 1. The normalized spacial score (nSPS) is 12.8. The van der Waals surface area contributed by atoms with Gasteiger partial charge < -0.3 is 0 Å². The Bertz CT molecular complexity index is 1020. The lowest BCUT2D eigenvalue weighted by atomic mass is 9.96.